The molecule has 42 heavy (non-hydrogen) atoms. The fraction of sp³-hybridized carbons (Fsp3) is 0.321. The molecule has 0 unspecified atom stereocenters. The van der Waals surface area contributed by atoms with E-state index in [1.165, 1.54) is 43.6 Å². The average molecular weight is 604 g/mol. The van der Waals surface area contributed by atoms with Gasteiger partial charge in [-0.3, -0.25) is 19.5 Å². The van der Waals surface area contributed by atoms with Gasteiger partial charge in [-0.05, 0) is 62.7 Å². The molecule has 1 aliphatic rings. The monoisotopic (exact) mass is 603 g/mol. The fourth-order valence-electron chi connectivity index (χ4n) is 4.64. The molecule has 1 aliphatic heterocycles. The van der Waals surface area contributed by atoms with E-state index in [1.807, 2.05) is 0 Å². The van der Waals surface area contributed by atoms with Crippen molar-refractivity contribution in [3.63, 3.8) is 0 Å². The number of methoxy groups -OCH3 is 1. The lowest BCUT2D eigenvalue weighted by molar-refractivity contribution is -0.138. The van der Waals surface area contributed by atoms with Crippen molar-refractivity contribution in [3.8, 4) is 5.75 Å². The van der Waals surface area contributed by atoms with Crippen molar-refractivity contribution in [2.45, 2.75) is 39.4 Å². The molecular weight excluding hydrogens is 571 g/mol. The number of aryl methyl sites for hydroxylation is 1. The Labute approximate surface area is 245 Å². The number of hydrogen-bond acceptors (Lipinski definition) is 9. The van der Waals surface area contributed by atoms with Crippen molar-refractivity contribution in [1.29, 1.82) is 0 Å². The van der Waals surface area contributed by atoms with Crippen LogP contribution >= 0.6 is 11.3 Å². The van der Waals surface area contributed by atoms with Crippen molar-refractivity contribution in [2.24, 2.45) is 11.6 Å². The number of anilines is 3. The predicted molar refractivity (Wildman–Crippen MR) is 157 cm³/mol. The third-order valence-electron chi connectivity index (χ3n) is 6.63. The molecule has 0 atom stereocenters. The summed E-state index contributed by atoms with van der Waals surface area (Å²) in [6.07, 6.45) is 0.202. The Bertz CT molecular complexity index is 1500. The molecule has 6 N–H and O–H groups in total. The van der Waals surface area contributed by atoms with Crippen molar-refractivity contribution < 1.29 is 27.5 Å². The Morgan fingerprint density at radius 2 is 1.90 bits per heavy atom. The summed E-state index contributed by atoms with van der Waals surface area (Å²) in [5.41, 5.74) is 7.17. The minimum atomic E-state index is -4.68. The van der Waals surface area contributed by atoms with Crippen LogP contribution in [0.15, 0.2) is 42.7 Å². The summed E-state index contributed by atoms with van der Waals surface area (Å²) in [6, 6.07) is 7.13. The number of hydrazine groups is 1. The lowest BCUT2D eigenvalue weighted by atomic mass is 10.0. The van der Waals surface area contributed by atoms with Gasteiger partial charge in [0.15, 0.2) is 5.13 Å². The molecule has 1 aromatic heterocycles. The van der Waals surface area contributed by atoms with Crippen LogP contribution in [0.25, 0.3) is 5.70 Å². The number of benzene rings is 2. The van der Waals surface area contributed by atoms with E-state index in [2.05, 4.69) is 20.5 Å². The van der Waals surface area contributed by atoms with Crippen LogP contribution in [-0.4, -0.2) is 41.9 Å². The van der Waals surface area contributed by atoms with Crippen LogP contribution in [0, 0.1) is 6.92 Å². The van der Waals surface area contributed by atoms with Crippen LogP contribution in [0.3, 0.4) is 0 Å². The van der Waals surface area contributed by atoms with E-state index in [0.717, 1.165) is 48.9 Å². The fourth-order valence-corrected chi connectivity index (χ4v) is 5.43. The van der Waals surface area contributed by atoms with E-state index < -0.39 is 17.6 Å². The summed E-state index contributed by atoms with van der Waals surface area (Å²) in [6.45, 7) is 4.98. The minimum Gasteiger partial charge on any atom is -0.496 e. The van der Waals surface area contributed by atoms with E-state index >= 15 is 0 Å². The zero-order valence-corrected chi connectivity index (χ0v) is 24.2. The molecule has 1 saturated heterocycles. The van der Waals surface area contributed by atoms with E-state index in [-0.39, 0.29) is 35.1 Å². The van der Waals surface area contributed by atoms with Gasteiger partial charge < -0.3 is 21.1 Å². The molecule has 0 aliphatic carbocycles. The van der Waals surface area contributed by atoms with Crippen molar-refractivity contribution in [1.82, 2.24) is 9.88 Å². The Hall–Kier alpha value is -4.14. The summed E-state index contributed by atoms with van der Waals surface area (Å²) in [5, 5.41) is 6.80. The largest absolute Gasteiger partial charge is 0.496 e. The van der Waals surface area contributed by atoms with E-state index in [0.29, 0.717) is 21.3 Å². The number of nitrogens with two attached hydrogens (primary N) is 2. The Balaban J connectivity index is 1.59. The number of nitrogens with one attached hydrogen (secondary N) is 2. The Kier molecular flexibility index (Phi) is 9.39. The van der Waals surface area contributed by atoms with Crippen molar-refractivity contribution in [3.05, 3.63) is 69.9 Å². The van der Waals surface area contributed by atoms with Crippen LogP contribution in [0.2, 0.25) is 0 Å². The number of ether oxygens (including phenoxy) is 1. The van der Waals surface area contributed by atoms with Crippen LogP contribution in [0.5, 0.6) is 5.75 Å². The van der Waals surface area contributed by atoms with Crippen LogP contribution in [0.1, 0.15) is 51.7 Å². The highest BCUT2D eigenvalue weighted by Crippen LogP contribution is 2.41. The second-order valence-corrected chi connectivity index (χ2v) is 10.9. The normalized spacial score (nSPS) is 14.1. The molecule has 0 radical (unpaired) electrons. The second kappa shape index (κ2) is 12.8. The molecule has 3 aromatic rings. The number of nitrogens with zero attached hydrogens (tertiary/aromatic N) is 3. The van der Waals surface area contributed by atoms with Gasteiger partial charge in [0.25, 0.3) is 5.91 Å². The first-order valence-corrected chi connectivity index (χ1v) is 13.8. The number of likely N-dealkylation sites (tertiary alicyclic amines) is 1. The SMILES string of the molecule is COc1c(CN2CCCC2)cc(NC(=O)c2ccc(C)c(N(N)/C=C(\N)c3cnc(NC(C)=O)s3)c2)cc1C(F)(F)F. The molecule has 14 heteroatoms. The second-order valence-electron chi connectivity index (χ2n) is 9.86. The quantitative estimate of drug-likeness (QED) is 0.200. The van der Waals surface area contributed by atoms with Crippen LogP contribution in [0.4, 0.5) is 29.7 Å². The lowest BCUT2D eigenvalue weighted by Gasteiger charge is -2.22. The van der Waals surface area contributed by atoms with E-state index in [4.69, 9.17) is 16.3 Å². The molecule has 2 aromatic carbocycles. The topological polar surface area (TPSA) is 139 Å². The number of thiazole rings is 1. The van der Waals surface area contributed by atoms with Gasteiger partial charge in [-0.25, -0.2) is 10.8 Å². The number of alkyl halides is 3. The first-order valence-electron chi connectivity index (χ1n) is 13.0. The van der Waals surface area contributed by atoms with Gasteiger partial charge in [0.05, 0.1) is 28.9 Å². The number of rotatable bonds is 9. The summed E-state index contributed by atoms with van der Waals surface area (Å²) in [4.78, 5) is 31.2. The Morgan fingerprint density at radius 1 is 1.19 bits per heavy atom. The summed E-state index contributed by atoms with van der Waals surface area (Å²) < 4.78 is 47.1. The smallest absolute Gasteiger partial charge is 0.420 e. The molecule has 0 bridgehead atoms. The molecule has 224 valence electrons. The number of carbonyl (C=O) groups is 2. The molecule has 2 heterocycles. The van der Waals surface area contributed by atoms with E-state index in [1.54, 1.807) is 19.1 Å². The van der Waals surface area contributed by atoms with Crippen molar-refractivity contribution >= 4 is 45.4 Å². The zero-order valence-electron chi connectivity index (χ0n) is 23.3. The number of halogens is 3. The van der Waals surface area contributed by atoms with Gasteiger partial charge in [0.1, 0.15) is 5.75 Å². The number of aromatic nitrogens is 1. The van der Waals surface area contributed by atoms with Gasteiger partial charge in [0.2, 0.25) is 5.91 Å². The molecule has 0 spiro atoms. The maximum Gasteiger partial charge on any atom is 0.420 e. The highest BCUT2D eigenvalue weighted by atomic mass is 32.1. The van der Waals surface area contributed by atoms with Gasteiger partial charge >= 0.3 is 6.18 Å². The number of hydrogen-bond donors (Lipinski definition) is 4. The van der Waals surface area contributed by atoms with Gasteiger partial charge in [-0.2, -0.15) is 13.2 Å². The van der Waals surface area contributed by atoms with Crippen LogP contribution < -0.4 is 32.0 Å². The van der Waals surface area contributed by atoms with Gasteiger partial charge in [0, 0.05) is 42.7 Å². The highest BCUT2D eigenvalue weighted by molar-refractivity contribution is 7.16. The maximum atomic E-state index is 14.0. The Morgan fingerprint density at radius 3 is 2.55 bits per heavy atom. The first kappa shape index (κ1) is 30.8. The summed E-state index contributed by atoms with van der Waals surface area (Å²) in [5.74, 6) is 5.12. The van der Waals surface area contributed by atoms with Crippen molar-refractivity contribution in [2.75, 3.05) is 35.8 Å². The standard InChI is InChI=1S/C28H32F3N7O3S/c1-16-6-7-18(11-23(16)38(33)15-22(32)24-13-34-27(42-24)35-17(2)39)26(40)36-20-10-19(14-37-8-4-5-9-37)25(41-3)21(12-20)28(29,30)31/h6-7,10-13,15H,4-5,8-9,14,32-33H2,1-3H3,(H,36,40)(H,34,35,39)/b22-15-. The maximum absolute atomic E-state index is 14.0. The summed E-state index contributed by atoms with van der Waals surface area (Å²) in [7, 11) is 1.21. The number of carbonyl (C=O) groups excluding carboxylic acids is 2. The average Bonchev–Trinajstić information content (AvgIpc) is 3.60. The predicted octanol–water partition coefficient (Wildman–Crippen LogP) is 4.92. The molecule has 4 rings (SSSR count). The minimum absolute atomic E-state index is 0.00152. The third-order valence-corrected chi connectivity index (χ3v) is 7.59. The molecule has 10 nitrogen and oxygen atoms in total. The molecule has 1 fully saturated rings. The van der Waals surface area contributed by atoms with Gasteiger partial charge in [-0.1, -0.05) is 17.4 Å². The zero-order chi connectivity index (χ0) is 30.6. The summed E-state index contributed by atoms with van der Waals surface area (Å²) >= 11 is 1.16. The first-order chi connectivity index (χ1) is 19.8. The molecule has 0 saturated carbocycles. The third kappa shape index (κ3) is 7.38. The van der Waals surface area contributed by atoms with Gasteiger partial charge in [-0.15, -0.1) is 0 Å². The number of amides is 2. The van der Waals surface area contributed by atoms with Crippen LogP contribution in [-0.2, 0) is 17.5 Å². The molecule has 2 amide bonds. The molecular formula is C28H32F3N7O3S. The highest BCUT2D eigenvalue weighted by Gasteiger charge is 2.36. The van der Waals surface area contributed by atoms with E-state index in [9.17, 15) is 22.8 Å². The lowest BCUT2D eigenvalue weighted by Crippen LogP contribution is -2.27.